The largest absolute Gasteiger partial charge is 0.493 e. The molecule has 0 unspecified atom stereocenters. The van der Waals surface area contributed by atoms with Gasteiger partial charge in [-0.25, -0.2) is 9.82 Å². The monoisotopic (exact) mass is 569 g/mol. The first-order valence-corrected chi connectivity index (χ1v) is 11.4. The Hall–Kier alpha value is -3.66. The van der Waals surface area contributed by atoms with Gasteiger partial charge < -0.3 is 14.0 Å². The number of nitrogens with zero attached hydrogens (tertiary/aromatic N) is 2. The van der Waals surface area contributed by atoms with E-state index >= 15 is 0 Å². The number of benzene rings is 3. The summed E-state index contributed by atoms with van der Waals surface area (Å²) in [5.74, 6) is 0.496. The van der Waals surface area contributed by atoms with Crippen LogP contribution in [0.5, 0.6) is 11.5 Å². The van der Waals surface area contributed by atoms with Gasteiger partial charge in [0.15, 0.2) is 11.5 Å². The number of carbonyl (C=O) groups is 1. The van der Waals surface area contributed by atoms with Crippen LogP contribution in [0.1, 0.15) is 21.5 Å². The van der Waals surface area contributed by atoms with Gasteiger partial charge in [-0.1, -0.05) is 24.3 Å². The third kappa shape index (κ3) is 5.63. The molecule has 34 heavy (non-hydrogen) atoms. The molecule has 4 rings (SSSR count). The smallest absolute Gasteiger partial charge is 0.273 e. The Balaban J connectivity index is 1.46. The summed E-state index contributed by atoms with van der Waals surface area (Å²) in [4.78, 5) is 12.7. The fourth-order valence-electron chi connectivity index (χ4n) is 3.30. The Kier molecular flexibility index (Phi) is 7.58. The van der Waals surface area contributed by atoms with Crippen molar-refractivity contribution in [2.75, 3.05) is 7.11 Å². The maximum Gasteiger partial charge on any atom is 0.273 e. The van der Waals surface area contributed by atoms with E-state index in [1.165, 1.54) is 12.1 Å². The van der Waals surface area contributed by atoms with Crippen LogP contribution in [0, 0.1) is 9.39 Å². The molecule has 0 bridgehead atoms. The summed E-state index contributed by atoms with van der Waals surface area (Å²) in [6.07, 6.45) is 5.30. The van der Waals surface area contributed by atoms with E-state index in [0.717, 1.165) is 20.4 Å². The van der Waals surface area contributed by atoms with Crippen molar-refractivity contribution < 1.29 is 18.7 Å². The molecule has 1 amide bonds. The third-order valence-corrected chi connectivity index (χ3v) is 5.76. The number of carbonyl (C=O) groups excluding carboxylic acids is 1. The Morgan fingerprint density at radius 3 is 2.56 bits per heavy atom. The molecule has 0 spiro atoms. The van der Waals surface area contributed by atoms with E-state index in [4.69, 9.17) is 9.47 Å². The molecule has 0 aliphatic rings. The van der Waals surface area contributed by atoms with Gasteiger partial charge in [-0.15, -0.1) is 0 Å². The maximum absolute atomic E-state index is 13.1. The fourth-order valence-corrected chi connectivity index (χ4v) is 4.08. The normalized spacial score (nSPS) is 10.9. The van der Waals surface area contributed by atoms with E-state index in [1.54, 1.807) is 37.6 Å². The first kappa shape index (κ1) is 23.5. The van der Waals surface area contributed by atoms with Crippen molar-refractivity contribution in [3.05, 3.63) is 111 Å². The Morgan fingerprint density at radius 2 is 1.82 bits per heavy atom. The van der Waals surface area contributed by atoms with Gasteiger partial charge in [0.25, 0.3) is 5.91 Å². The van der Waals surface area contributed by atoms with Crippen molar-refractivity contribution in [3.63, 3.8) is 0 Å². The van der Waals surface area contributed by atoms with Gasteiger partial charge in [-0.3, -0.25) is 4.79 Å². The zero-order valence-electron chi connectivity index (χ0n) is 18.2. The Labute approximate surface area is 210 Å². The fraction of sp³-hybridized carbons (Fsp3) is 0.0769. The summed E-state index contributed by atoms with van der Waals surface area (Å²) < 4.78 is 27.2. The number of ether oxygens (including phenoxy) is 2. The zero-order valence-corrected chi connectivity index (χ0v) is 20.4. The van der Waals surface area contributed by atoms with Crippen LogP contribution >= 0.6 is 22.6 Å². The van der Waals surface area contributed by atoms with Gasteiger partial charge in [0.05, 0.1) is 28.1 Å². The summed E-state index contributed by atoms with van der Waals surface area (Å²) in [6, 6.07) is 20.9. The molecule has 1 heterocycles. The number of hydrazone groups is 1. The van der Waals surface area contributed by atoms with Crippen molar-refractivity contribution >= 4 is 34.7 Å². The lowest BCUT2D eigenvalue weighted by Crippen LogP contribution is -2.19. The molecule has 8 heteroatoms. The summed E-state index contributed by atoms with van der Waals surface area (Å²) >= 11 is 2.15. The Morgan fingerprint density at radius 1 is 1.09 bits per heavy atom. The van der Waals surface area contributed by atoms with Crippen molar-refractivity contribution in [2.24, 2.45) is 5.10 Å². The highest BCUT2D eigenvalue weighted by Gasteiger charge is 2.13. The number of amides is 1. The number of nitrogens with one attached hydrogen (secondary N) is 1. The first-order chi connectivity index (χ1) is 16.5. The molecule has 0 aliphatic carbocycles. The molecular weight excluding hydrogens is 548 g/mol. The van der Waals surface area contributed by atoms with Gasteiger partial charge in [0.1, 0.15) is 12.4 Å². The lowest BCUT2D eigenvalue weighted by Gasteiger charge is -2.13. The second-order valence-electron chi connectivity index (χ2n) is 7.26. The number of aromatic nitrogens is 1. The Bertz CT molecular complexity index is 1310. The molecule has 6 nitrogen and oxygen atoms in total. The van der Waals surface area contributed by atoms with Crippen molar-refractivity contribution in [3.8, 4) is 17.2 Å². The topological polar surface area (TPSA) is 64.8 Å². The van der Waals surface area contributed by atoms with Crippen LogP contribution in [0.3, 0.4) is 0 Å². The van der Waals surface area contributed by atoms with Gasteiger partial charge in [0.2, 0.25) is 0 Å². The highest BCUT2D eigenvalue weighted by Crippen LogP contribution is 2.34. The summed E-state index contributed by atoms with van der Waals surface area (Å²) in [7, 11) is 1.55. The summed E-state index contributed by atoms with van der Waals surface area (Å²) in [6.45, 7) is 0.275. The number of halogens is 2. The van der Waals surface area contributed by atoms with Crippen LogP contribution in [0.4, 0.5) is 4.39 Å². The van der Waals surface area contributed by atoms with Crippen LogP contribution in [0.15, 0.2) is 90.3 Å². The number of hydrogen-bond acceptors (Lipinski definition) is 4. The molecule has 0 atom stereocenters. The van der Waals surface area contributed by atoms with Crippen LogP contribution in [0.25, 0.3) is 5.69 Å². The van der Waals surface area contributed by atoms with Gasteiger partial charge in [-0.2, -0.15) is 5.10 Å². The van der Waals surface area contributed by atoms with Crippen LogP contribution in [-0.2, 0) is 6.61 Å². The van der Waals surface area contributed by atoms with Crippen LogP contribution < -0.4 is 14.9 Å². The highest BCUT2D eigenvalue weighted by atomic mass is 127. The minimum atomic E-state index is -0.318. The molecule has 0 saturated carbocycles. The van der Waals surface area contributed by atoms with Gasteiger partial charge >= 0.3 is 0 Å². The number of para-hydroxylation sites is 1. The van der Waals surface area contributed by atoms with E-state index in [-0.39, 0.29) is 18.3 Å². The van der Waals surface area contributed by atoms with Crippen molar-refractivity contribution in [1.82, 2.24) is 9.99 Å². The van der Waals surface area contributed by atoms with Crippen LogP contribution in [0.2, 0.25) is 0 Å². The maximum atomic E-state index is 13.1. The minimum Gasteiger partial charge on any atom is -0.493 e. The SMILES string of the molecule is COc1cc(/C=N\NC(=O)c2ccccc2-n2cccc2)cc(I)c1OCc1ccc(F)cc1. The lowest BCUT2D eigenvalue weighted by atomic mass is 10.1. The molecule has 0 fully saturated rings. The molecule has 1 N–H and O–H groups in total. The molecular formula is C26H21FIN3O3. The molecule has 172 valence electrons. The molecule has 0 aliphatic heterocycles. The zero-order chi connectivity index (χ0) is 23.9. The van der Waals surface area contributed by atoms with E-state index < -0.39 is 0 Å². The number of rotatable bonds is 8. The third-order valence-electron chi connectivity index (χ3n) is 4.96. The van der Waals surface area contributed by atoms with E-state index in [0.29, 0.717) is 17.1 Å². The predicted molar refractivity (Wildman–Crippen MR) is 137 cm³/mol. The highest BCUT2D eigenvalue weighted by molar-refractivity contribution is 14.1. The van der Waals surface area contributed by atoms with E-state index in [9.17, 15) is 9.18 Å². The second kappa shape index (κ2) is 11.0. The molecule has 1 aromatic heterocycles. The molecule has 0 saturated heterocycles. The van der Waals surface area contributed by atoms with E-state index in [1.807, 2.05) is 53.4 Å². The molecule has 0 radical (unpaired) electrons. The van der Waals surface area contributed by atoms with Crippen molar-refractivity contribution in [1.29, 1.82) is 0 Å². The molecule has 3 aromatic carbocycles. The second-order valence-corrected chi connectivity index (χ2v) is 8.42. The first-order valence-electron chi connectivity index (χ1n) is 10.4. The summed E-state index contributed by atoms with van der Waals surface area (Å²) in [5.41, 5.74) is 5.43. The average Bonchev–Trinajstić information content (AvgIpc) is 3.39. The average molecular weight is 569 g/mol. The minimum absolute atomic E-state index is 0.275. The van der Waals surface area contributed by atoms with Crippen molar-refractivity contribution in [2.45, 2.75) is 6.61 Å². The quantitative estimate of drug-likeness (QED) is 0.172. The predicted octanol–water partition coefficient (Wildman–Crippen LogP) is 5.57. The van der Waals surface area contributed by atoms with Gasteiger partial charge in [0, 0.05) is 12.4 Å². The summed E-state index contributed by atoms with van der Waals surface area (Å²) in [5, 5.41) is 4.12. The molecule has 4 aromatic rings. The lowest BCUT2D eigenvalue weighted by molar-refractivity contribution is 0.0955. The van der Waals surface area contributed by atoms with E-state index in [2.05, 4.69) is 33.1 Å². The standard InChI is InChI=1S/C26H21FIN3O3/c1-33-24-15-19(14-22(28)25(24)34-17-18-8-10-20(27)11-9-18)16-29-30-26(32)21-6-2-3-7-23(21)31-12-4-5-13-31/h2-16H,17H2,1H3,(H,30,32)/b29-16-. The number of methoxy groups -OCH3 is 1. The number of hydrogen-bond donors (Lipinski definition) is 1. The van der Waals surface area contributed by atoms with Gasteiger partial charge in [-0.05, 0) is 82.2 Å². The van der Waals surface area contributed by atoms with Crippen LogP contribution in [-0.4, -0.2) is 23.8 Å².